The Morgan fingerprint density at radius 2 is 1.59 bits per heavy atom. The maximum absolute atomic E-state index is 14.6. The van der Waals surface area contributed by atoms with Crippen LogP contribution in [-0.2, 0) is 9.47 Å². The molecule has 34 heavy (non-hydrogen) atoms. The van der Waals surface area contributed by atoms with Gasteiger partial charge in [-0.1, -0.05) is 38.7 Å². The Morgan fingerprint density at radius 1 is 0.853 bits per heavy atom. The molecule has 0 radical (unpaired) electrons. The molecule has 3 nitrogen and oxygen atoms in total. The van der Waals surface area contributed by atoms with Gasteiger partial charge in [0, 0.05) is 0 Å². The molecule has 3 aliphatic rings. The molecule has 1 aromatic rings. The maximum Gasteiger partial charge on any atom is 0.200 e. The van der Waals surface area contributed by atoms with Gasteiger partial charge in [-0.15, -0.1) is 0 Å². The minimum atomic E-state index is -0.862. The molecule has 0 N–H and O–H groups in total. The Balaban J connectivity index is 1.15. The van der Waals surface area contributed by atoms with Crippen molar-refractivity contribution in [1.82, 2.24) is 0 Å². The molecular formula is C29H44F2O3. The second-order valence-corrected chi connectivity index (χ2v) is 10.9. The van der Waals surface area contributed by atoms with Crippen LogP contribution in [0.3, 0.4) is 0 Å². The van der Waals surface area contributed by atoms with E-state index >= 15 is 0 Å². The fourth-order valence-corrected chi connectivity index (χ4v) is 6.60. The minimum absolute atomic E-state index is 0.000310. The van der Waals surface area contributed by atoms with Gasteiger partial charge in [-0.25, -0.2) is 4.39 Å². The molecule has 3 fully saturated rings. The molecular weight excluding hydrogens is 434 g/mol. The topological polar surface area (TPSA) is 27.7 Å². The first-order chi connectivity index (χ1) is 16.6. The van der Waals surface area contributed by atoms with Crippen molar-refractivity contribution < 1.29 is 23.0 Å². The van der Waals surface area contributed by atoms with Crippen molar-refractivity contribution in [3.8, 4) is 5.75 Å². The summed E-state index contributed by atoms with van der Waals surface area (Å²) < 4.78 is 46.5. The maximum atomic E-state index is 14.6. The predicted octanol–water partition coefficient (Wildman–Crippen LogP) is 7.81. The molecule has 0 amide bonds. The molecule has 4 rings (SSSR count). The first kappa shape index (κ1) is 25.9. The standard InChI is InChI=1S/C29H44F2O3/c1-3-5-20-6-8-21(9-7-20)23-12-15-25(33-18-23)19-34-24-13-10-22(11-14-24)26-16-17-27(32-4-2)29(31)28(26)30/h16-17,20-25H,3-15,18-19H2,1-2H3. The minimum Gasteiger partial charge on any atom is -0.491 e. The quantitative estimate of drug-likeness (QED) is 0.362. The lowest BCUT2D eigenvalue weighted by Crippen LogP contribution is -2.35. The normalized spacial score (nSPS) is 32.5. The molecule has 0 spiro atoms. The van der Waals surface area contributed by atoms with Gasteiger partial charge >= 0.3 is 0 Å². The van der Waals surface area contributed by atoms with E-state index in [0.717, 1.165) is 56.5 Å². The van der Waals surface area contributed by atoms with Crippen LogP contribution in [0.25, 0.3) is 0 Å². The number of hydrogen-bond donors (Lipinski definition) is 0. The summed E-state index contributed by atoms with van der Waals surface area (Å²) in [4.78, 5) is 0. The van der Waals surface area contributed by atoms with Gasteiger partial charge in [0.25, 0.3) is 0 Å². The average molecular weight is 479 g/mol. The van der Waals surface area contributed by atoms with E-state index < -0.39 is 11.6 Å². The highest BCUT2D eigenvalue weighted by molar-refractivity contribution is 5.33. The molecule has 1 aliphatic heterocycles. The first-order valence-corrected chi connectivity index (χ1v) is 13.9. The SMILES string of the molecule is CCCC1CCC(C2CCC(COC3CCC(c4ccc(OCC)c(F)c4F)CC3)OC2)CC1. The highest BCUT2D eigenvalue weighted by Crippen LogP contribution is 2.40. The lowest BCUT2D eigenvalue weighted by molar-refractivity contribution is -0.0946. The van der Waals surface area contributed by atoms with Gasteiger partial charge in [0.05, 0.1) is 32.0 Å². The van der Waals surface area contributed by atoms with Crippen LogP contribution >= 0.6 is 0 Å². The van der Waals surface area contributed by atoms with E-state index in [2.05, 4.69) is 6.92 Å². The highest BCUT2D eigenvalue weighted by Gasteiger charge is 2.32. The molecule has 2 saturated carbocycles. The third kappa shape index (κ3) is 6.51. The molecule has 0 bridgehead atoms. The molecule has 1 aromatic carbocycles. The summed E-state index contributed by atoms with van der Waals surface area (Å²) in [6.07, 6.45) is 14.5. The summed E-state index contributed by atoms with van der Waals surface area (Å²) >= 11 is 0. The second kappa shape index (κ2) is 12.7. The fraction of sp³-hybridized carbons (Fsp3) is 0.793. The van der Waals surface area contributed by atoms with Crippen molar-refractivity contribution in [2.75, 3.05) is 19.8 Å². The average Bonchev–Trinajstić information content (AvgIpc) is 2.87. The van der Waals surface area contributed by atoms with E-state index in [4.69, 9.17) is 14.2 Å². The smallest absolute Gasteiger partial charge is 0.200 e. The molecule has 2 aliphatic carbocycles. The summed E-state index contributed by atoms with van der Waals surface area (Å²) in [5.41, 5.74) is 0.477. The van der Waals surface area contributed by atoms with E-state index in [1.807, 2.05) is 0 Å². The lowest BCUT2D eigenvalue weighted by Gasteiger charge is -2.38. The molecule has 2 atom stereocenters. The Hall–Kier alpha value is -1.20. The van der Waals surface area contributed by atoms with E-state index in [9.17, 15) is 8.78 Å². The van der Waals surface area contributed by atoms with Crippen LogP contribution in [0.5, 0.6) is 5.75 Å². The number of rotatable bonds is 9. The molecule has 5 heteroatoms. The van der Waals surface area contributed by atoms with Crippen molar-refractivity contribution in [3.05, 3.63) is 29.3 Å². The lowest BCUT2D eigenvalue weighted by atomic mass is 9.73. The molecule has 1 saturated heterocycles. The number of hydrogen-bond acceptors (Lipinski definition) is 3. The van der Waals surface area contributed by atoms with Crippen LogP contribution in [0.2, 0.25) is 0 Å². The zero-order chi connectivity index (χ0) is 23.9. The summed E-state index contributed by atoms with van der Waals surface area (Å²) in [5, 5.41) is 0. The Kier molecular flexibility index (Phi) is 9.64. The summed E-state index contributed by atoms with van der Waals surface area (Å²) in [7, 11) is 0. The van der Waals surface area contributed by atoms with E-state index in [1.54, 1.807) is 19.1 Å². The summed E-state index contributed by atoms with van der Waals surface area (Å²) in [6, 6.07) is 3.25. The van der Waals surface area contributed by atoms with Crippen molar-refractivity contribution in [1.29, 1.82) is 0 Å². The molecule has 2 unspecified atom stereocenters. The third-order valence-corrected chi connectivity index (χ3v) is 8.67. The Labute approximate surface area is 204 Å². The first-order valence-electron chi connectivity index (χ1n) is 13.9. The summed E-state index contributed by atoms with van der Waals surface area (Å²) in [6.45, 7) is 5.95. The monoisotopic (exact) mass is 478 g/mol. The van der Waals surface area contributed by atoms with Crippen LogP contribution in [0.4, 0.5) is 8.78 Å². The van der Waals surface area contributed by atoms with Gasteiger partial charge in [-0.05, 0) is 93.6 Å². The van der Waals surface area contributed by atoms with Crippen LogP contribution < -0.4 is 4.74 Å². The van der Waals surface area contributed by atoms with Gasteiger partial charge in [0.2, 0.25) is 5.82 Å². The largest absolute Gasteiger partial charge is 0.491 e. The number of ether oxygens (including phenoxy) is 3. The fourth-order valence-electron chi connectivity index (χ4n) is 6.60. The highest BCUT2D eigenvalue weighted by atomic mass is 19.2. The number of halogens is 2. The van der Waals surface area contributed by atoms with Gasteiger partial charge in [0.15, 0.2) is 11.6 Å². The van der Waals surface area contributed by atoms with Gasteiger partial charge in [0.1, 0.15) is 0 Å². The third-order valence-electron chi connectivity index (χ3n) is 8.67. The van der Waals surface area contributed by atoms with Crippen molar-refractivity contribution >= 4 is 0 Å². The zero-order valence-corrected chi connectivity index (χ0v) is 21.2. The zero-order valence-electron chi connectivity index (χ0n) is 21.2. The Morgan fingerprint density at radius 3 is 2.24 bits per heavy atom. The number of benzene rings is 1. The van der Waals surface area contributed by atoms with Gasteiger partial charge in [-0.3, -0.25) is 0 Å². The molecule has 0 aromatic heterocycles. The van der Waals surface area contributed by atoms with E-state index in [1.165, 1.54) is 44.9 Å². The van der Waals surface area contributed by atoms with Crippen LogP contribution in [0.15, 0.2) is 12.1 Å². The second-order valence-electron chi connectivity index (χ2n) is 10.9. The summed E-state index contributed by atoms with van der Waals surface area (Å²) in [5.74, 6) is 0.992. The van der Waals surface area contributed by atoms with Crippen LogP contribution in [-0.4, -0.2) is 32.0 Å². The van der Waals surface area contributed by atoms with Crippen molar-refractivity contribution in [2.24, 2.45) is 17.8 Å². The van der Waals surface area contributed by atoms with Gasteiger partial charge in [-0.2, -0.15) is 4.39 Å². The van der Waals surface area contributed by atoms with Crippen molar-refractivity contribution in [2.45, 2.75) is 109 Å². The van der Waals surface area contributed by atoms with Crippen LogP contribution in [0.1, 0.15) is 102 Å². The molecule has 192 valence electrons. The predicted molar refractivity (Wildman–Crippen MR) is 131 cm³/mol. The van der Waals surface area contributed by atoms with Crippen molar-refractivity contribution in [3.63, 3.8) is 0 Å². The van der Waals surface area contributed by atoms with E-state index in [0.29, 0.717) is 18.8 Å². The molecule has 1 heterocycles. The van der Waals surface area contributed by atoms with Gasteiger partial charge < -0.3 is 14.2 Å². The Bertz CT molecular complexity index is 746. The van der Waals surface area contributed by atoms with E-state index in [-0.39, 0.29) is 23.9 Å². The van der Waals surface area contributed by atoms with Crippen LogP contribution in [0, 0.1) is 29.4 Å².